The smallest absolute Gasteiger partial charge is 0.252 e. The third-order valence-electron chi connectivity index (χ3n) is 3.46. The number of amides is 1. The molecule has 1 aromatic carbocycles. The van der Waals surface area contributed by atoms with Crippen molar-refractivity contribution in [1.82, 2.24) is 15.1 Å². The molecule has 0 fully saturated rings. The number of ether oxygens (including phenoxy) is 1. The average molecular weight is 406 g/mol. The molecular weight excluding hydrogens is 390 g/mol. The summed E-state index contributed by atoms with van der Waals surface area (Å²) in [7, 11) is 1.58. The molecule has 0 saturated carbocycles. The van der Waals surface area contributed by atoms with Gasteiger partial charge in [0.05, 0.1) is 24.1 Å². The van der Waals surface area contributed by atoms with Gasteiger partial charge in [-0.15, -0.1) is 11.3 Å². The van der Waals surface area contributed by atoms with Crippen molar-refractivity contribution in [1.29, 1.82) is 0 Å². The highest BCUT2D eigenvalue weighted by Gasteiger charge is 2.11. The molecule has 1 amide bonds. The van der Waals surface area contributed by atoms with Crippen molar-refractivity contribution in [3.63, 3.8) is 0 Å². The van der Waals surface area contributed by atoms with E-state index in [2.05, 4.69) is 26.3 Å². The Morgan fingerprint density at radius 2 is 2.25 bits per heavy atom. The van der Waals surface area contributed by atoms with Crippen LogP contribution in [-0.2, 0) is 6.54 Å². The number of halogens is 1. The van der Waals surface area contributed by atoms with Crippen LogP contribution in [0.3, 0.4) is 0 Å². The minimum atomic E-state index is -0.147. The second-order valence-corrected chi connectivity index (χ2v) is 6.85. The highest BCUT2D eigenvalue weighted by molar-refractivity contribution is 9.10. The van der Waals surface area contributed by atoms with Crippen molar-refractivity contribution in [3.05, 3.63) is 58.0 Å². The topological polar surface area (TPSA) is 56.1 Å². The molecule has 3 aromatic rings. The predicted molar refractivity (Wildman–Crippen MR) is 98.6 cm³/mol. The van der Waals surface area contributed by atoms with E-state index in [1.54, 1.807) is 36.6 Å². The van der Waals surface area contributed by atoms with Gasteiger partial charge in [-0.2, -0.15) is 5.10 Å². The van der Waals surface area contributed by atoms with E-state index in [4.69, 9.17) is 4.74 Å². The van der Waals surface area contributed by atoms with Crippen LogP contribution in [-0.4, -0.2) is 29.3 Å². The van der Waals surface area contributed by atoms with Gasteiger partial charge >= 0.3 is 0 Å². The number of hydrogen-bond acceptors (Lipinski definition) is 4. The van der Waals surface area contributed by atoms with Crippen molar-refractivity contribution >= 4 is 33.2 Å². The molecule has 0 aliphatic heterocycles. The van der Waals surface area contributed by atoms with Crippen LogP contribution >= 0.6 is 27.3 Å². The van der Waals surface area contributed by atoms with E-state index in [1.165, 1.54) is 0 Å². The van der Waals surface area contributed by atoms with E-state index < -0.39 is 0 Å². The lowest BCUT2D eigenvalue weighted by atomic mass is 10.2. The van der Waals surface area contributed by atoms with E-state index in [1.807, 2.05) is 34.5 Å². The fraction of sp³-hybridized carbons (Fsp3) is 0.176. The van der Waals surface area contributed by atoms with Gasteiger partial charge in [-0.05, 0) is 51.6 Å². The highest BCUT2D eigenvalue weighted by Crippen LogP contribution is 2.23. The van der Waals surface area contributed by atoms with Gasteiger partial charge in [0.15, 0.2) is 0 Å². The molecule has 0 atom stereocenters. The van der Waals surface area contributed by atoms with Gasteiger partial charge < -0.3 is 10.1 Å². The van der Waals surface area contributed by atoms with E-state index in [9.17, 15) is 4.79 Å². The third kappa shape index (κ3) is 3.85. The molecule has 0 saturated heterocycles. The number of thiophene rings is 1. The van der Waals surface area contributed by atoms with Gasteiger partial charge in [0.25, 0.3) is 5.91 Å². The van der Waals surface area contributed by atoms with Crippen molar-refractivity contribution in [2.45, 2.75) is 6.54 Å². The molecule has 3 rings (SSSR count). The molecule has 2 heterocycles. The molecular formula is C17H16BrN3O2S. The minimum absolute atomic E-state index is 0.147. The molecule has 0 radical (unpaired) electrons. The Balaban J connectivity index is 1.57. The Kier molecular flexibility index (Phi) is 5.32. The van der Waals surface area contributed by atoms with Gasteiger partial charge in [-0.3, -0.25) is 9.48 Å². The molecule has 0 aliphatic carbocycles. The van der Waals surface area contributed by atoms with Gasteiger partial charge in [0.1, 0.15) is 11.4 Å². The van der Waals surface area contributed by atoms with Crippen LogP contribution < -0.4 is 10.1 Å². The van der Waals surface area contributed by atoms with Crippen molar-refractivity contribution in [2.24, 2.45) is 0 Å². The van der Waals surface area contributed by atoms with Crippen LogP contribution in [0.1, 0.15) is 10.4 Å². The molecule has 0 unspecified atom stereocenters. The fourth-order valence-corrected chi connectivity index (χ4v) is 3.34. The molecule has 0 bridgehead atoms. The molecule has 0 spiro atoms. The SMILES string of the molecule is COc1ccc(Br)c(C(=O)NCCn2ccc(-c3cccs3)n2)c1. The first-order valence-electron chi connectivity index (χ1n) is 7.36. The summed E-state index contributed by atoms with van der Waals surface area (Å²) in [6.07, 6.45) is 1.92. The maximum Gasteiger partial charge on any atom is 0.252 e. The standard InChI is InChI=1S/C17H16BrN3O2S/c1-23-12-4-5-14(18)13(11-12)17(22)19-7-9-21-8-6-15(20-21)16-3-2-10-24-16/h2-6,8,10-11H,7,9H2,1H3,(H,19,22). The van der Waals surface area contributed by atoms with Gasteiger partial charge in [0, 0.05) is 17.2 Å². The maximum atomic E-state index is 12.3. The summed E-state index contributed by atoms with van der Waals surface area (Å²) in [4.78, 5) is 13.4. The first-order valence-corrected chi connectivity index (χ1v) is 9.03. The molecule has 5 nitrogen and oxygen atoms in total. The molecule has 0 aliphatic rings. The van der Waals surface area contributed by atoms with E-state index in [0.29, 0.717) is 24.4 Å². The summed E-state index contributed by atoms with van der Waals surface area (Å²) in [6.45, 7) is 1.10. The minimum Gasteiger partial charge on any atom is -0.497 e. The Morgan fingerprint density at radius 1 is 1.38 bits per heavy atom. The lowest BCUT2D eigenvalue weighted by Crippen LogP contribution is -2.27. The number of nitrogens with one attached hydrogen (secondary N) is 1. The second kappa shape index (κ2) is 7.63. The number of carbonyl (C=O) groups excluding carboxylic acids is 1. The number of hydrogen-bond donors (Lipinski definition) is 1. The molecule has 124 valence electrons. The summed E-state index contributed by atoms with van der Waals surface area (Å²) in [6, 6.07) is 11.3. The fourth-order valence-electron chi connectivity index (χ4n) is 2.23. The lowest BCUT2D eigenvalue weighted by Gasteiger charge is -2.08. The third-order valence-corrected chi connectivity index (χ3v) is 5.04. The summed E-state index contributed by atoms with van der Waals surface area (Å²) in [5, 5.41) is 9.44. The highest BCUT2D eigenvalue weighted by atomic mass is 79.9. The Labute approximate surface area is 152 Å². The summed E-state index contributed by atoms with van der Waals surface area (Å²) < 4.78 is 7.72. The van der Waals surface area contributed by atoms with Crippen LogP contribution in [0.15, 0.2) is 52.4 Å². The van der Waals surface area contributed by atoms with Crippen molar-refractivity contribution in [2.75, 3.05) is 13.7 Å². The molecule has 1 N–H and O–H groups in total. The van der Waals surface area contributed by atoms with Crippen LogP contribution in [0.4, 0.5) is 0 Å². The van der Waals surface area contributed by atoms with Gasteiger partial charge in [-0.1, -0.05) is 6.07 Å². The number of rotatable bonds is 6. The number of aromatic nitrogens is 2. The number of nitrogens with zero attached hydrogens (tertiary/aromatic N) is 2. The van der Waals surface area contributed by atoms with E-state index in [-0.39, 0.29) is 5.91 Å². The zero-order chi connectivity index (χ0) is 16.9. The van der Waals surface area contributed by atoms with Gasteiger partial charge in [-0.25, -0.2) is 0 Å². The Morgan fingerprint density at radius 3 is 3.00 bits per heavy atom. The lowest BCUT2D eigenvalue weighted by molar-refractivity contribution is 0.0951. The summed E-state index contributed by atoms with van der Waals surface area (Å²) >= 11 is 5.05. The van der Waals surface area contributed by atoms with Crippen LogP contribution in [0.2, 0.25) is 0 Å². The number of carbonyl (C=O) groups is 1. The first kappa shape index (κ1) is 16.7. The van der Waals surface area contributed by atoms with Crippen LogP contribution in [0.25, 0.3) is 10.6 Å². The second-order valence-electron chi connectivity index (χ2n) is 5.04. The number of methoxy groups -OCH3 is 1. The van der Waals surface area contributed by atoms with Crippen molar-refractivity contribution < 1.29 is 9.53 Å². The average Bonchev–Trinajstić information content (AvgIpc) is 3.26. The van der Waals surface area contributed by atoms with E-state index in [0.717, 1.165) is 15.0 Å². The molecule has 7 heteroatoms. The maximum absolute atomic E-state index is 12.3. The normalized spacial score (nSPS) is 10.6. The summed E-state index contributed by atoms with van der Waals surface area (Å²) in [5.41, 5.74) is 1.50. The Bertz CT molecular complexity index is 830. The van der Waals surface area contributed by atoms with Crippen LogP contribution in [0.5, 0.6) is 5.75 Å². The largest absolute Gasteiger partial charge is 0.497 e. The quantitative estimate of drug-likeness (QED) is 0.677. The van der Waals surface area contributed by atoms with Crippen LogP contribution in [0, 0.1) is 0 Å². The summed E-state index contributed by atoms with van der Waals surface area (Å²) in [5.74, 6) is 0.502. The predicted octanol–water partition coefficient (Wildman–Crippen LogP) is 3.81. The molecule has 24 heavy (non-hydrogen) atoms. The van der Waals surface area contributed by atoms with E-state index >= 15 is 0 Å². The molecule has 2 aromatic heterocycles. The number of benzene rings is 1. The Hall–Kier alpha value is -2.12. The zero-order valence-corrected chi connectivity index (χ0v) is 15.4. The first-order chi connectivity index (χ1) is 11.7. The monoisotopic (exact) mass is 405 g/mol. The zero-order valence-electron chi connectivity index (χ0n) is 13.0. The van der Waals surface area contributed by atoms with Crippen molar-refractivity contribution in [3.8, 4) is 16.3 Å². The van der Waals surface area contributed by atoms with Gasteiger partial charge in [0.2, 0.25) is 0 Å².